The van der Waals surface area contributed by atoms with Gasteiger partial charge >= 0.3 is 41.4 Å². The van der Waals surface area contributed by atoms with Crippen LogP contribution in [0.2, 0.25) is 0 Å². The Balaban J connectivity index is 0.940. The van der Waals surface area contributed by atoms with Gasteiger partial charge in [-0.15, -0.1) is 0 Å². The second-order valence-corrected chi connectivity index (χ2v) is 35.6. The van der Waals surface area contributed by atoms with E-state index in [-0.39, 0.29) is 95.5 Å². The molecule has 2 aromatic carbocycles. The fourth-order valence-corrected chi connectivity index (χ4v) is 18.5. The van der Waals surface area contributed by atoms with Gasteiger partial charge in [-0.1, -0.05) is 116 Å². The van der Waals surface area contributed by atoms with Gasteiger partial charge in [0.2, 0.25) is 29.5 Å². The van der Waals surface area contributed by atoms with Crippen molar-refractivity contribution in [3.63, 3.8) is 0 Å². The van der Waals surface area contributed by atoms with Gasteiger partial charge in [0.05, 0.1) is 54.0 Å². The molecule has 0 saturated carbocycles. The summed E-state index contributed by atoms with van der Waals surface area (Å²) in [6.45, 7) is 12.9. The van der Waals surface area contributed by atoms with Crippen molar-refractivity contribution >= 4 is 131 Å². The average Bonchev–Trinajstić information content (AvgIpc) is 1.59. The Morgan fingerprint density at radius 1 is 0.775 bits per heavy atom. The Morgan fingerprint density at radius 2 is 1.44 bits per heavy atom. The molecule has 0 bridgehead atoms. The van der Waals surface area contributed by atoms with E-state index < -0.39 is 142 Å². The number of carboxylic acids is 3. The third-order valence-corrected chi connectivity index (χ3v) is 25.2. The predicted octanol–water partition coefficient (Wildman–Crippen LogP) is 5.51. The molecule has 0 aliphatic carbocycles. The number of aliphatic hydroxyl groups excluding tert-OH is 1. The number of benzene rings is 2. The lowest BCUT2D eigenvalue weighted by Crippen LogP contribution is -2.52. The quantitative estimate of drug-likeness (QED) is 0.00649. The highest BCUT2D eigenvalue weighted by atomic mass is 33.1. The normalized spacial score (nSPS) is 19.5. The molecule has 16 N–H and O–H groups in total. The number of allylic oxidation sites excluding steroid dienone is 5. The number of carbonyl (C=O) groups excluding carboxylic acids is 5. The van der Waals surface area contributed by atoms with Crippen LogP contribution in [0.15, 0.2) is 89.9 Å². The summed E-state index contributed by atoms with van der Waals surface area (Å²) in [5.74, 6) is -2.11. The largest absolute Gasteiger partial charge is 0.490 e. The van der Waals surface area contributed by atoms with Gasteiger partial charge in [-0.25, -0.2) is 28.5 Å². The lowest BCUT2D eigenvalue weighted by Gasteiger charge is -2.31. The number of hydrogen-bond donors (Lipinski definition) is 15. The summed E-state index contributed by atoms with van der Waals surface area (Å²) in [6.07, 6.45) is 9.00. The number of nitrogens with one attached hydrogen (secondary N) is 5. The number of anilines is 3. The molecule has 7 rings (SSSR count). The minimum atomic E-state index is -5.82. The molecule has 4 aromatic rings. The molecule has 111 heavy (non-hydrogen) atoms. The monoisotopic (exact) mass is 1670 g/mol. The number of fused-ring (bicyclic) bond motifs is 3. The lowest BCUT2D eigenvalue weighted by atomic mass is 9.80. The van der Waals surface area contributed by atoms with E-state index in [0.717, 1.165) is 24.3 Å². The van der Waals surface area contributed by atoms with Crippen LogP contribution >= 0.6 is 45.1 Å². The number of phosphoric ester groups is 1. The van der Waals surface area contributed by atoms with Crippen LogP contribution in [0.4, 0.5) is 17.2 Å². The van der Waals surface area contributed by atoms with Crippen molar-refractivity contribution in [3.05, 3.63) is 107 Å². The Bertz CT molecular complexity index is 4540. The fourth-order valence-electron chi connectivity index (χ4n) is 12.8. The number of likely N-dealkylation sites (N-methyl/N-ethyl adjacent to an activating group) is 1. The Morgan fingerprint density at radius 3 is 2.10 bits per heavy atom. The van der Waals surface area contributed by atoms with E-state index in [0.29, 0.717) is 44.2 Å². The lowest BCUT2D eigenvalue weighted by molar-refractivity contribution is -0.148. The zero-order valence-corrected chi connectivity index (χ0v) is 66.5. The molecule has 6 unspecified atom stereocenters. The van der Waals surface area contributed by atoms with Crippen molar-refractivity contribution in [1.29, 1.82) is 0 Å². The molecule has 5 amide bonds. The number of aryl methyl sites for hydroxylation is 1. The molecule has 37 nitrogen and oxygen atoms in total. The molecule has 1 saturated heterocycles. The first-order valence-corrected chi connectivity index (χ1v) is 43.4. The number of nitrogen functional groups attached to an aromatic ring is 1. The van der Waals surface area contributed by atoms with E-state index in [1.54, 1.807) is 6.07 Å². The van der Waals surface area contributed by atoms with Gasteiger partial charge in [-0.05, 0) is 81.0 Å². The molecule has 3 aliphatic rings. The number of nitrogens with two attached hydrogens (primary N) is 1. The van der Waals surface area contributed by atoms with Crippen molar-refractivity contribution in [2.75, 3.05) is 59.8 Å². The van der Waals surface area contributed by atoms with Crippen LogP contribution in [0.1, 0.15) is 140 Å². The number of aliphatic carboxylic acids is 3. The number of aliphatic hydroxyl groups is 1. The zero-order valence-electron chi connectivity index (χ0n) is 61.3. The number of phosphoric acid groups is 3. The summed E-state index contributed by atoms with van der Waals surface area (Å²) >= 11 is 0. The van der Waals surface area contributed by atoms with Gasteiger partial charge < -0.3 is 91.4 Å². The van der Waals surface area contributed by atoms with E-state index in [1.807, 2.05) is 43.5 Å². The summed E-state index contributed by atoms with van der Waals surface area (Å²) in [6, 6.07) is 6.45. The highest BCUT2D eigenvalue weighted by Crippen LogP contribution is 2.66. The van der Waals surface area contributed by atoms with Crippen LogP contribution in [0.5, 0.6) is 0 Å². The van der Waals surface area contributed by atoms with Crippen molar-refractivity contribution in [2.45, 2.75) is 177 Å². The maximum Gasteiger partial charge on any atom is 0.490 e. The number of unbranched alkanes of at least 4 members (excludes halogenated alkanes) is 4. The highest BCUT2D eigenvalue weighted by Gasteiger charge is 2.46. The van der Waals surface area contributed by atoms with Gasteiger partial charge in [0.1, 0.15) is 48.2 Å². The highest BCUT2D eigenvalue weighted by molar-refractivity contribution is 8.76. The van der Waals surface area contributed by atoms with Gasteiger partial charge in [0.25, 0.3) is 10.1 Å². The Hall–Kier alpha value is -8.06. The third kappa shape index (κ3) is 26.0. The Labute approximate surface area is 647 Å². The van der Waals surface area contributed by atoms with E-state index >= 15 is 0 Å². The maximum atomic E-state index is 13.9. The smallest absolute Gasteiger partial charge is 0.481 e. The molecule has 0 radical (unpaired) electrons. The van der Waals surface area contributed by atoms with Gasteiger partial charge in [-0.2, -0.15) is 17.0 Å². The van der Waals surface area contributed by atoms with Crippen LogP contribution in [0.3, 0.4) is 0 Å². The molecule has 5 heterocycles. The maximum absolute atomic E-state index is 13.9. The number of amides is 5. The minimum absolute atomic E-state index is 0.00640. The van der Waals surface area contributed by atoms with Crippen LogP contribution < -0.4 is 42.1 Å². The van der Waals surface area contributed by atoms with Crippen molar-refractivity contribution in [3.8, 4) is 11.8 Å². The average molecular weight is 1670 g/mol. The molecule has 2 aromatic heterocycles. The first-order valence-electron chi connectivity index (χ1n) is 34.9. The summed E-state index contributed by atoms with van der Waals surface area (Å²) < 4.78 is 89.3. The molecule has 9 atom stereocenters. The van der Waals surface area contributed by atoms with Crippen LogP contribution in [-0.2, 0) is 90.9 Å². The summed E-state index contributed by atoms with van der Waals surface area (Å²) in [5, 5.41) is 51.3. The van der Waals surface area contributed by atoms with Crippen molar-refractivity contribution in [2.24, 2.45) is 0 Å². The number of carbonyl (C=O) groups is 8. The SMILES string of the molecule is CCN1c2ccc(C)cc2C(C)(C)C1/C=C/C=C/C=C1/N(CCCCCC(=O)NC(CSSCCC(=O)NCC#Cc2cn([C@H]3C[C@@H](O)[C@@H](COP(=O)(O)OP(=O)(O)OP(=O)(O)O)O3)c3ncnc(N)c23)C(=O)NCCCCCC(=O)NC(CC(=O)O)C(=O)NC(CC(=O)O)C(=O)O)c2ccc(S(=O)(=O)O)cc2C1(C)C. The van der Waals surface area contributed by atoms with E-state index in [9.17, 15) is 90.1 Å². The number of nitrogens with zero attached hydrogens (tertiary/aromatic N) is 5. The van der Waals surface area contributed by atoms with E-state index in [1.165, 1.54) is 61.3 Å². The minimum Gasteiger partial charge on any atom is -0.481 e. The predicted molar refractivity (Wildman–Crippen MR) is 408 cm³/mol. The third-order valence-electron chi connectivity index (χ3n) is 18.1. The molecule has 43 heteroatoms. The number of hydrogen-bond acceptors (Lipinski definition) is 25. The topological polar surface area (TPSA) is 564 Å². The molecule has 3 aliphatic heterocycles. The zero-order chi connectivity index (χ0) is 82.0. The molecule has 1 fully saturated rings. The van der Waals surface area contributed by atoms with Crippen LogP contribution in [0.25, 0.3) is 11.0 Å². The van der Waals surface area contributed by atoms with Crippen LogP contribution in [-0.4, -0.2) is 196 Å². The number of carboxylic acid groups (broad SMARTS) is 3. The van der Waals surface area contributed by atoms with Crippen molar-refractivity contribution < 1.29 is 123 Å². The summed E-state index contributed by atoms with van der Waals surface area (Å²) in [5.41, 5.74) is 11.8. The van der Waals surface area contributed by atoms with Gasteiger partial charge in [-0.3, -0.25) is 42.6 Å². The van der Waals surface area contributed by atoms with Gasteiger partial charge in [0.15, 0.2) is 0 Å². The van der Waals surface area contributed by atoms with Crippen molar-refractivity contribution in [1.82, 2.24) is 41.1 Å². The summed E-state index contributed by atoms with van der Waals surface area (Å²) in [7, 11) is -19.1. The molecular formula is C68H92N11O26P3S3. The first-order chi connectivity index (χ1) is 52.0. The molecule has 608 valence electrons. The molecular weight excluding hydrogens is 1580 g/mol. The first kappa shape index (κ1) is 90.1. The Kier molecular flexibility index (Phi) is 32.2. The fraction of sp³-hybridized carbons (Fsp3) is 0.500. The van der Waals surface area contributed by atoms with Gasteiger partial charge in [0, 0.05) is 90.9 Å². The second kappa shape index (κ2) is 39.6. The number of ether oxygens (including phenoxy) is 1. The van der Waals surface area contributed by atoms with E-state index in [4.69, 9.17) is 25.4 Å². The number of rotatable bonds is 42. The standard InChI is InChI=1S/C68H92N11O26P3S3/c1-7-77-49-25-23-41(2)32-44(49)67(3,4)53(77)19-11-8-12-20-54-68(5,6)45-33-43(111(99,100)101)24-26-50(45)78(54)30-16-10-14-22-57(83)75-48(64(88)71-28-15-9-13-21-56(82)74-46(34-59(84)85)65(89)76-47(66(90)91)35-60(86)87)39-110-109-31-27-55(81)70-29-17-18-42-37-79(63-61(42)62(69)72-40-73-63)58-36-51(80)52(103-58)38-102-107(95,96)105-108(97,98)104-106(92,93)94/h8,11-12,19-20,23-26,32-33,37,40,46-48,51-53,58,80H,7,9-10,13-16,21-22,27-31,34-36,38-39H2,1-6H3,(H,70,81)(H,71,88)(H,74,82)(H,75,83)(H,76,89)(H,84,85)(H,86,87)(H,90,91)(H,95,96)(H,97,98)(H2,69,72,73)(H2,92,93,94)(H,99,100,101)/b12-8+,19-11+,54-20+/t46?,47?,48?,51-,52-,53?,58-/m1/s1. The number of aromatic nitrogens is 3. The second-order valence-electron chi connectivity index (χ2n) is 27.1. The molecule has 0 spiro atoms. The van der Waals surface area contributed by atoms with E-state index in [2.05, 4.69) is 118 Å². The van der Waals surface area contributed by atoms with Crippen LogP contribution in [0, 0.1) is 18.8 Å². The summed E-state index contributed by atoms with van der Waals surface area (Å²) in [4.78, 5) is 150.